The maximum Gasteiger partial charge on any atom is 0.261 e. The Balaban J connectivity index is 1.99. The van der Waals surface area contributed by atoms with E-state index in [1.54, 1.807) is 12.1 Å². The quantitative estimate of drug-likeness (QED) is 0.760. The molecule has 3 aromatic rings. The van der Waals surface area contributed by atoms with Gasteiger partial charge in [-0.2, -0.15) is 0 Å². The number of amides is 1. The van der Waals surface area contributed by atoms with Gasteiger partial charge in [-0.3, -0.25) is 9.59 Å². The minimum atomic E-state index is -0.406. The number of aryl methyl sites for hydroxylation is 2. The number of aromatic nitrogens is 1. The van der Waals surface area contributed by atoms with Crippen molar-refractivity contribution in [1.29, 1.82) is 0 Å². The Hall–Kier alpha value is -2.88. The first kappa shape index (κ1) is 14.1. The molecule has 3 rings (SSSR count). The van der Waals surface area contributed by atoms with Gasteiger partial charge >= 0.3 is 0 Å². The molecule has 0 aliphatic heterocycles. The second-order valence-electron chi connectivity index (χ2n) is 5.41. The summed E-state index contributed by atoms with van der Waals surface area (Å²) in [4.78, 5) is 27.8. The van der Waals surface area contributed by atoms with Crippen molar-refractivity contribution in [3.8, 4) is 0 Å². The van der Waals surface area contributed by atoms with E-state index in [1.165, 1.54) is 6.20 Å². The van der Waals surface area contributed by atoms with Crippen molar-refractivity contribution in [3.63, 3.8) is 0 Å². The van der Waals surface area contributed by atoms with Crippen LogP contribution in [0.2, 0.25) is 0 Å². The van der Waals surface area contributed by atoms with Crippen molar-refractivity contribution in [2.24, 2.45) is 0 Å². The number of rotatable bonds is 2. The topological polar surface area (TPSA) is 62.0 Å². The van der Waals surface area contributed by atoms with Crippen LogP contribution in [0.3, 0.4) is 0 Å². The lowest BCUT2D eigenvalue weighted by Gasteiger charge is -2.08. The van der Waals surface area contributed by atoms with Crippen molar-refractivity contribution in [2.75, 3.05) is 5.32 Å². The maximum atomic E-state index is 12.4. The molecule has 0 unspecified atom stereocenters. The van der Waals surface area contributed by atoms with E-state index in [4.69, 9.17) is 0 Å². The molecule has 2 aromatic carbocycles. The SMILES string of the molecule is Cc1cc(C)cc(NC(=O)c2c[nH]c3ccccc3c2=O)c1. The standard InChI is InChI=1S/C18H16N2O2/c1-11-7-12(2)9-13(8-11)20-18(22)15-10-19-16-6-4-3-5-14(16)17(15)21/h3-10H,1-2H3,(H,19,21)(H,20,22). The molecule has 0 saturated carbocycles. The summed E-state index contributed by atoms with van der Waals surface area (Å²) in [6.07, 6.45) is 1.46. The number of benzene rings is 2. The van der Waals surface area contributed by atoms with Gasteiger partial charge in [0, 0.05) is 22.8 Å². The number of H-pyrrole nitrogens is 1. The van der Waals surface area contributed by atoms with Gasteiger partial charge < -0.3 is 10.3 Å². The minimum absolute atomic E-state index is 0.109. The zero-order valence-electron chi connectivity index (χ0n) is 12.4. The Morgan fingerprint density at radius 2 is 1.73 bits per heavy atom. The molecule has 4 nitrogen and oxygen atoms in total. The molecule has 110 valence electrons. The lowest BCUT2D eigenvalue weighted by atomic mass is 10.1. The first-order valence-corrected chi connectivity index (χ1v) is 7.04. The van der Waals surface area contributed by atoms with E-state index < -0.39 is 5.91 Å². The summed E-state index contributed by atoms with van der Waals surface area (Å²) >= 11 is 0. The van der Waals surface area contributed by atoms with Crippen LogP contribution in [0, 0.1) is 13.8 Å². The van der Waals surface area contributed by atoms with Crippen LogP contribution in [-0.4, -0.2) is 10.9 Å². The third kappa shape index (κ3) is 2.63. The fourth-order valence-corrected chi connectivity index (χ4v) is 2.58. The first-order chi connectivity index (χ1) is 10.5. The number of pyridine rings is 1. The average Bonchev–Trinajstić information content (AvgIpc) is 2.46. The number of fused-ring (bicyclic) bond motifs is 1. The fourth-order valence-electron chi connectivity index (χ4n) is 2.58. The first-order valence-electron chi connectivity index (χ1n) is 7.04. The number of nitrogens with one attached hydrogen (secondary N) is 2. The maximum absolute atomic E-state index is 12.4. The van der Waals surface area contributed by atoms with E-state index in [1.807, 2.05) is 44.2 Å². The van der Waals surface area contributed by atoms with Crippen molar-refractivity contribution in [1.82, 2.24) is 4.98 Å². The molecule has 0 bridgehead atoms. The lowest BCUT2D eigenvalue weighted by Crippen LogP contribution is -2.22. The Labute approximate surface area is 127 Å². The fraction of sp³-hybridized carbons (Fsp3) is 0.111. The Morgan fingerprint density at radius 3 is 2.45 bits per heavy atom. The van der Waals surface area contributed by atoms with Crippen LogP contribution in [0.5, 0.6) is 0 Å². The zero-order chi connectivity index (χ0) is 15.7. The van der Waals surface area contributed by atoms with Crippen LogP contribution in [0.1, 0.15) is 21.5 Å². The largest absolute Gasteiger partial charge is 0.360 e. The molecule has 0 saturated heterocycles. The Kier molecular flexibility index (Phi) is 3.51. The van der Waals surface area contributed by atoms with Crippen LogP contribution in [0.25, 0.3) is 10.9 Å². The van der Waals surface area contributed by atoms with E-state index in [0.717, 1.165) is 16.6 Å². The van der Waals surface area contributed by atoms with Gasteiger partial charge in [0.25, 0.3) is 5.91 Å². The van der Waals surface area contributed by atoms with Gasteiger partial charge in [0.05, 0.1) is 0 Å². The van der Waals surface area contributed by atoms with E-state index in [-0.39, 0.29) is 11.0 Å². The van der Waals surface area contributed by atoms with Crippen LogP contribution in [0.4, 0.5) is 5.69 Å². The van der Waals surface area contributed by atoms with Gasteiger partial charge in [0.2, 0.25) is 5.43 Å². The van der Waals surface area contributed by atoms with Gasteiger partial charge in [-0.1, -0.05) is 18.2 Å². The highest BCUT2D eigenvalue weighted by atomic mass is 16.2. The second-order valence-corrected chi connectivity index (χ2v) is 5.41. The van der Waals surface area contributed by atoms with E-state index >= 15 is 0 Å². The normalized spacial score (nSPS) is 10.6. The molecule has 22 heavy (non-hydrogen) atoms. The number of hydrogen-bond donors (Lipinski definition) is 2. The Bertz CT molecular complexity index is 906. The molecule has 0 spiro atoms. The molecule has 4 heteroatoms. The molecule has 0 aliphatic carbocycles. The molecular weight excluding hydrogens is 276 g/mol. The van der Waals surface area contributed by atoms with E-state index in [0.29, 0.717) is 11.1 Å². The summed E-state index contributed by atoms with van der Waals surface area (Å²) in [5.41, 5.74) is 3.37. The number of anilines is 1. The minimum Gasteiger partial charge on any atom is -0.360 e. The molecule has 1 aromatic heterocycles. The van der Waals surface area contributed by atoms with E-state index in [2.05, 4.69) is 10.3 Å². The van der Waals surface area contributed by atoms with Crippen molar-refractivity contribution in [2.45, 2.75) is 13.8 Å². The summed E-state index contributed by atoms with van der Waals surface area (Å²) in [6, 6.07) is 12.9. The number of para-hydroxylation sites is 1. The summed E-state index contributed by atoms with van der Waals surface area (Å²) in [5, 5.41) is 3.30. The molecule has 0 fully saturated rings. The second kappa shape index (κ2) is 5.48. The average molecular weight is 292 g/mol. The zero-order valence-corrected chi connectivity index (χ0v) is 12.4. The summed E-state index contributed by atoms with van der Waals surface area (Å²) in [6.45, 7) is 3.93. The van der Waals surface area contributed by atoms with E-state index in [9.17, 15) is 9.59 Å². The third-order valence-electron chi connectivity index (χ3n) is 3.51. The highest BCUT2D eigenvalue weighted by Gasteiger charge is 2.13. The lowest BCUT2D eigenvalue weighted by molar-refractivity contribution is 0.102. The molecule has 0 atom stereocenters. The summed E-state index contributed by atoms with van der Waals surface area (Å²) < 4.78 is 0. The number of hydrogen-bond acceptors (Lipinski definition) is 2. The van der Waals surface area contributed by atoms with Crippen LogP contribution in [-0.2, 0) is 0 Å². The molecule has 1 heterocycles. The molecule has 1 amide bonds. The Morgan fingerprint density at radius 1 is 1.05 bits per heavy atom. The molecule has 0 radical (unpaired) electrons. The number of carbonyl (C=O) groups is 1. The van der Waals surface area contributed by atoms with Crippen LogP contribution < -0.4 is 10.7 Å². The number of aromatic amines is 1. The van der Waals surface area contributed by atoms with Gasteiger partial charge in [-0.05, 0) is 49.2 Å². The van der Waals surface area contributed by atoms with Crippen molar-refractivity contribution in [3.05, 3.63) is 75.6 Å². The van der Waals surface area contributed by atoms with Crippen LogP contribution >= 0.6 is 0 Å². The molecular formula is C18H16N2O2. The monoisotopic (exact) mass is 292 g/mol. The van der Waals surface area contributed by atoms with Crippen molar-refractivity contribution < 1.29 is 4.79 Å². The highest BCUT2D eigenvalue weighted by Crippen LogP contribution is 2.15. The number of carbonyl (C=O) groups excluding carboxylic acids is 1. The van der Waals surface area contributed by atoms with Crippen LogP contribution in [0.15, 0.2) is 53.5 Å². The summed E-state index contributed by atoms with van der Waals surface area (Å²) in [5.74, 6) is -0.406. The molecule has 2 N–H and O–H groups in total. The van der Waals surface area contributed by atoms with Gasteiger partial charge in [-0.15, -0.1) is 0 Å². The highest BCUT2D eigenvalue weighted by molar-refractivity contribution is 6.05. The predicted octanol–water partition coefficient (Wildman–Crippen LogP) is 3.40. The summed E-state index contributed by atoms with van der Waals surface area (Å²) in [7, 11) is 0. The smallest absolute Gasteiger partial charge is 0.261 e. The van der Waals surface area contributed by atoms with Crippen molar-refractivity contribution >= 4 is 22.5 Å². The molecule has 0 aliphatic rings. The third-order valence-corrected chi connectivity index (χ3v) is 3.51. The van der Waals surface area contributed by atoms with Gasteiger partial charge in [-0.25, -0.2) is 0 Å². The van der Waals surface area contributed by atoms with Gasteiger partial charge in [0.1, 0.15) is 5.56 Å². The predicted molar refractivity (Wildman–Crippen MR) is 88.4 cm³/mol. The van der Waals surface area contributed by atoms with Gasteiger partial charge in [0.15, 0.2) is 0 Å².